The van der Waals surface area contributed by atoms with Gasteiger partial charge in [0.1, 0.15) is 12.4 Å². The predicted octanol–water partition coefficient (Wildman–Crippen LogP) is 4.37. The maximum Gasteiger partial charge on any atom is 0.120 e. The highest BCUT2D eigenvalue weighted by molar-refractivity contribution is 9.10. The first-order valence-electron chi connectivity index (χ1n) is 5.96. The van der Waals surface area contributed by atoms with Crippen LogP contribution in [0, 0.1) is 0 Å². The van der Waals surface area contributed by atoms with Crippen LogP contribution in [0.1, 0.15) is 4.88 Å². The van der Waals surface area contributed by atoms with Crippen LogP contribution in [0.15, 0.2) is 40.2 Å². The molecule has 0 radical (unpaired) electrons. The molecule has 0 aliphatic rings. The summed E-state index contributed by atoms with van der Waals surface area (Å²) in [5, 5.41) is 6.06. The summed E-state index contributed by atoms with van der Waals surface area (Å²) in [5.74, 6) is 0.804. The van der Waals surface area contributed by atoms with E-state index >= 15 is 0 Å². The fourth-order valence-corrected chi connectivity index (χ4v) is 3.47. The van der Waals surface area contributed by atoms with E-state index in [2.05, 4.69) is 32.7 Å². The SMILES string of the molecule is CNC(COc1cccc(Cl)c1)Cc1sccc1Br. The molecule has 0 fully saturated rings. The van der Waals surface area contributed by atoms with E-state index in [9.17, 15) is 0 Å². The van der Waals surface area contributed by atoms with Gasteiger partial charge < -0.3 is 10.1 Å². The van der Waals surface area contributed by atoms with Crippen LogP contribution in [0.4, 0.5) is 0 Å². The minimum absolute atomic E-state index is 0.272. The van der Waals surface area contributed by atoms with E-state index in [-0.39, 0.29) is 6.04 Å². The second-order valence-electron chi connectivity index (χ2n) is 4.15. The summed E-state index contributed by atoms with van der Waals surface area (Å²) >= 11 is 11.2. The molecule has 1 unspecified atom stereocenters. The first kappa shape index (κ1) is 14.9. The number of nitrogens with one attached hydrogen (secondary N) is 1. The molecule has 0 aliphatic heterocycles. The molecule has 0 saturated carbocycles. The van der Waals surface area contributed by atoms with Crippen molar-refractivity contribution in [2.24, 2.45) is 0 Å². The molecule has 1 aromatic carbocycles. The Balaban J connectivity index is 1.91. The number of rotatable bonds is 6. The van der Waals surface area contributed by atoms with Gasteiger partial charge in [0.2, 0.25) is 0 Å². The summed E-state index contributed by atoms with van der Waals surface area (Å²) in [7, 11) is 1.95. The summed E-state index contributed by atoms with van der Waals surface area (Å²) in [4.78, 5) is 1.33. The van der Waals surface area contributed by atoms with E-state index in [1.807, 2.05) is 31.3 Å². The first-order valence-corrected chi connectivity index (χ1v) is 8.01. The summed E-state index contributed by atoms with van der Waals surface area (Å²) in [6.07, 6.45) is 0.940. The van der Waals surface area contributed by atoms with E-state index in [1.54, 1.807) is 11.3 Å². The molecule has 1 N–H and O–H groups in total. The molecule has 1 atom stereocenters. The second-order valence-corrected chi connectivity index (χ2v) is 6.44. The fourth-order valence-electron chi connectivity index (χ4n) is 1.69. The average Bonchev–Trinajstić information content (AvgIpc) is 2.80. The van der Waals surface area contributed by atoms with E-state index in [1.165, 1.54) is 9.35 Å². The van der Waals surface area contributed by atoms with E-state index in [0.29, 0.717) is 11.6 Å². The molecule has 0 saturated heterocycles. The smallest absolute Gasteiger partial charge is 0.120 e. The minimum atomic E-state index is 0.272. The van der Waals surface area contributed by atoms with Crippen LogP contribution in [0.25, 0.3) is 0 Å². The Morgan fingerprint density at radius 1 is 1.42 bits per heavy atom. The molecule has 2 aromatic rings. The average molecular weight is 361 g/mol. The summed E-state index contributed by atoms with van der Waals surface area (Å²) < 4.78 is 6.94. The van der Waals surface area contributed by atoms with Crippen molar-refractivity contribution >= 4 is 38.9 Å². The lowest BCUT2D eigenvalue weighted by atomic mass is 10.2. The third-order valence-corrected chi connectivity index (χ3v) is 4.96. The molecule has 1 aromatic heterocycles. The van der Waals surface area contributed by atoms with Gasteiger partial charge in [0.05, 0.1) is 0 Å². The molecular weight excluding hydrogens is 346 g/mol. The molecule has 19 heavy (non-hydrogen) atoms. The van der Waals surface area contributed by atoms with Crippen LogP contribution >= 0.6 is 38.9 Å². The molecule has 0 bridgehead atoms. The molecule has 0 spiro atoms. The molecule has 2 rings (SSSR count). The van der Waals surface area contributed by atoms with Crippen LogP contribution < -0.4 is 10.1 Å². The molecule has 102 valence electrons. The van der Waals surface area contributed by atoms with Gasteiger partial charge in [-0.25, -0.2) is 0 Å². The molecule has 1 heterocycles. The van der Waals surface area contributed by atoms with Crippen LogP contribution in [-0.2, 0) is 6.42 Å². The number of hydrogen-bond donors (Lipinski definition) is 1. The number of halogens is 2. The highest BCUT2D eigenvalue weighted by atomic mass is 79.9. The lowest BCUT2D eigenvalue weighted by Gasteiger charge is -2.16. The minimum Gasteiger partial charge on any atom is -0.492 e. The van der Waals surface area contributed by atoms with Crippen molar-refractivity contribution < 1.29 is 4.74 Å². The highest BCUT2D eigenvalue weighted by Crippen LogP contribution is 2.24. The Morgan fingerprint density at radius 2 is 2.26 bits per heavy atom. The van der Waals surface area contributed by atoms with Gasteiger partial charge >= 0.3 is 0 Å². The highest BCUT2D eigenvalue weighted by Gasteiger charge is 2.11. The summed E-state index contributed by atoms with van der Waals surface area (Å²) in [6.45, 7) is 0.612. The van der Waals surface area contributed by atoms with Crippen molar-refractivity contribution in [1.29, 1.82) is 0 Å². The van der Waals surface area contributed by atoms with Gasteiger partial charge in [-0.3, -0.25) is 0 Å². The Hall–Kier alpha value is -0.550. The molecule has 0 aliphatic carbocycles. The number of benzene rings is 1. The van der Waals surface area contributed by atoms with Crippen molar-refractivity contribution in [2.75, 3.05) is 13.7 Å². The fraction of sp³-hybridized carbons (Fsp3) is 0.286. The van der Waals surface area contributed by atoms with Crippen LogP contribution in [-0.4, -0.2) is 19.7 Å². The standard InChI is InChI=1S/C14H15BrClNOS/c1-17-11(8-14-13(15)5-6-19-14)9-18-12-4-2-3-10(16)7-12/h2-7,11,17H,8-9H2,1H3. The van der Waals surface area contributed by atoms with E-state index in [0.717, 1.165) is 12.2 Å². The van der Waals surface area contributed by atoms with Gasteiger partial charge in [-0.2, -0.15) is 0 Å². The van der Waals surface area contributed by atoms with Gasteiger partial charge in [-0.15, -0.1) is 11.3 Å². The Bertz CT molecular complexity index is 532. The van der Waals surface area contributed by atoms with E-state index < -0.39 is 0 Å². The first-order chi connectivity index (χ1) is 9.19. The molecule has 5 heteroatoms. The van der Waals surface area contributed by atoms with Crippen LogP contribution in [0.2, 0.25) is 5.02 Å². The maximum absolute atomic E-state index is 5.93. The lowest BCUT2D eigenvalue weighted by Crippen LogP contribution is -2.33. The number of thiophene rings is 1. The monoisotopic (exact) mass is 359 g/mol. The van der Waals surface area contributed by atoms with Crippen LogP contribution in [0.3, 0.4) is 0 Å². The Morgan fingerprint density at radius 3 is 2.89 bits per heavy atom. The van der Waals surface area contributed by atoms with E-state index in [4.69, 9.17) is 16.3 Å². The van der Waals surface area contributed by atoms with Crippen LogP contribution in [0.5, 0.6) is 5.75 Å². The van der Waals surface area contributed by atoms with Gasteiger partial charge in [0.15, 0.2) is 0 Å². The molecule has 0 amide bonds. The summed E-state index contributed by atoms with van der Waals surface area (Å²) in [5.41, 5.74) is 0. The zero-order chi connectivity index (χ0) is 13.7. The van der Waals surface area contributed by atoms with Gasteiger partial charge in [-0.1, -0.05) is 17.7 Å². The van der Waals surface area contributed by atoms with Gasteiger partial charge in [0.25, 0.3) is 0 Å². The third kappa shape index (κ3) is 4.49. The normalized spacial score (nSPS) is 12.4. The topological polar surface area (TPSA) is 21.3 Å². The molecular formula is C14H15BrClNOS. The summed E-state index contributed by atoms with van der Waals surface area (Å²) in [6, 6.07) is 9.82. The zero-order valence-electron chi connectivity index (χ0n) is 10.5. The van der Waals surface area contributed by atoms with Gasteiger partial charge in [-0.05, 0) is 52.6 Å². The maximum atomic E-state index is 5.93. The van der Waals surface area contributed by atoms with Crippen molar-refractivity contribution in [3.8, 4) is 5.75 Å². The van der Waals surface area contributed by atoms with Crippen molar-refractivity contribution in [2.45, 2.75) is 12.5 Å². The van der Waals surface area contributed by atoms with Crippen molar-refractivity contribution in [3.63, 3.8) is 0 Å². The van der Waals surface area contributed by atoms with Crippen molar-refractivity contribution in [3.05, 3.63) is 50.1 Å². The predicted molar refractivity (Wildman–Crippen MR) is 85.5 cm³/mol. The largest absolute Gasteiger partial charge is 0.492 e. The Labute approximate surface area is 130 Å². The number of likely N-dealkylation sites (N-methyl/N-ethyl adjacent to an activating group) is 1. The van der Waals surface area contributed by atoms with Crippen molar-refractivity contribution in [1.82, 2.24) is 5.32 Å². The molecule has 2 nitrogen and oxygen atoms in total. The number of ether oxygens (including phenoxy) is 1. The quantitative estimate of drug-likeness (QED) is 0.825. The zero-order valence-corrected chi connectivity index (χ0v) is 13.7. The third-order valence-electron chi connectivity index (χ3n) is 2.78. The number of hydrogen-bond acceptors (Lipinski definition) is 3. The van der Waals surface area contributed by atoms with Gasteiger partial charge in [0, 0.05) is 26.8 Å². The lowest BCUT2D eigenvalue weighted by molar-refractivity contribution is 0.270. The second kappa shape index (κ2) is 7.29. The Kier molecular flexibility index (Phi) is 5.70.